The normalized spacial score (nSPS) is 23.1. The van der Waals surface area contributed by atoms with E-state index in [1.54, 1.807) is 7.11 Å². The molecule has 0 aliphatic carbocycles. The average molecular weight is 293 g/mol. The SMILES string of the molecule is COc1ccccc1[C@H]1CCc2cccc3c2N1[C@H](C)CC3. The molecule has 0 unspecified atom stereocenters. The predicted octanol–water partition coefficient (Wildman–Crippen LogP) is 4.52. The Hall–Kier alpha value is -1.96. The highest BCUT2D eigenvalue weighted by atomic mass is 16.5. The fraction of sp³-hybridized carbons (Fsp3) is 0.400. The molecule has 114 valence electrons. The van der Waals surface area contributed by atoms with E-state index >= 15 is 0 Å². The Labute approximate surface area is 132 Å². The van der Waals surface area contributed by atoms with Gasteiger partial charge in [-0.15, -0.1) is 0 Å². The molecule has 0 N–H and O–H groups in total. The number of hydrogen-bond donors (Lipinski definition) is 0. The lowest BCUT2D eigenvalue weighted by molar-refractivity contribution is 0.391. The van der Waals surface area contributed by atoms with Crippen LogP contribution in [0.25, 0.3) is 0 Å². The number of ether oxygens (including phenoxy) is 1. The summed E-state index contributed by atoms with van der Waals surface area (Å²) in [6, 6.07) is 16.4. The molecule has 0 spiro atoms. The molecule has 2 atom stereocenters. The van der Waals surface area contributed by atoms with Gasteiger partial charge in [0.25, 0.3) is 0 Å². The molecule has 0 saturated carbocycles. The highest BCUT2D eigenvalue weighted by Gasteiger charge is 2.35. The summed E-state index contributed by atoms with van der Waals surface area (Å²) in [6.07, 6.45) is 4.78. The minimum absolute atomic E-state index is 0.431. The van der Waals surface area contributed by atoms with Crippen molar-refractivity contribution in [3.63, 3.8) is 0 Å². The maximum Gasteiger partial charge on any atom is 0.124 e. The van der Waals surface area contributed by atoms with Gasteiger partial charge < -0.3 is 9.64 Å². The third-order valence-corrected chi connectivity index (χ3v) is 5.29. The molecule has 2 nitrogen and oxygen atoms in total. The summed E-state index contributed by atoms with van der Waals surface area (Å²) in [5.74, 6) is 1.02. The summed E-state index contributed by atoms with van der Waals surface area (Å²) >= 11 is 0. The molecule has 0 saturated heterocycles. The Morgan fingerprint density at radius 3 is 2.45 bits per heavy atom. The lowest BCUT2D eigenvalue weighted by atomic mass is 9.83. The van der Waals surface area contributed by atoms with Gasteiger partial charge in [0.05, 0.1) is 13.2 Å². The quantitative estimate of drug-likeness (QED) is 0.807. The largest absolute Gasteiger partial charge is 0.496 e. The van der Waals surface area contributed by atoms with Gasteiger partial charge in [0.2, 0.25) is 0 Å². The van der Waals surface area contributed by atoms with Crippen molar-refractivity contribution in [3.8, 4) is 5.75 Å². The first kappa shape index (κ1) is 13.7. The van der Waals surface area contributed by atoms with Gasteiger partial charge in [-0.25, -0.2) is 0 Å². The second-order valence-corrected chi connectivity index (χ2v) is 6.52. The number of nitrogens with zero attached hydrogens (tertiary/aromatic N) is 1. The molecule has 0 amide bonds. The van der Waals surface area contributed by atoms with Crippen LogP contribution in [0.1, 0.15) is 42.5 Å². The first-order valence-electron chi connectivity index (χ1n) is 8.31. The zero-order valence-electron chi connectivity index (χ0n) is 13.4. The molecule has 0 aromatic heterocycles. The summed E-state index contributed by atoms with van der Waals surface area (Å²) in [5, 5.41) is 0. The summed E-state index contributed by atoms with van der Waals surface area (Å²) in [6.45, 7) is 2.37. The van der Waals surface area contributed by atoms with Crippen LogP contribution in [0.5, 0.6) is 5.75 Å². The number of anilines is 1. The maximum atomic E-state index is 5.64. The molecule has 2 aromatic rings. The Morgan fingerprint density at radius 2 is 1.68 bits per heavy atom. The molecule has 2 aliphatic heterocycles. The third-order valence-electron chi connectivity index (χ3n) is 5.29. The van der Waals surface area contributed by atoms with Crippen molar-refractivity contribution >= 4 is 5.69 Å². The molecule has 2 aromatic carbocycles. The molecule has 0 bridgehead atoms. The number of para-hydroxylation sites is 2. The van der Waals surface area contributed by atoms with Gasteiger partial charge in [0.15, 0.2) is 0 Å². The van der Waals surface area contributed by atoms with Gasteiger partial charge in [0, 0.05) is 17.3 Å². The minimum Gasteiger partial charge on any atom is -0.496 e. The van der Waals surface area contributed by atoms with Gasteiger partial charge in [-0.3, -0.25) is 0 Å². The molecule has 0 radical (unpaired) electrons. The van der Waals surface area contributed by atoms with E-state index in [4.69, 9.17) is 4.74 Å². The first-order valence-corrected chi connectivity index (χ1v) is 8.31. The van der Waals surface area contributed by atoms with E-state index in [0.717, 1.165) is 12.2 Å². The number of rotatable bonds is 2. The summed E-state index contributed by atoms with van der Waals surface area (Å²) in [4.78, 5) is 2.66. The first-order chi connectivity index (χ1) is 10.8. The molecule has 2 heteroatoms. The van der Waals surface area contributed by atoms with Crippen molar-refractivity contribution < 1.29 is 4.74 Å². The average Bonchev–Trinajstić information content (AvgIpc) is 2.58. The number of hydrogen-bond acceptors (Lipinski definition) is 2. The van der Waals surface area contributed by atoms with E-state index in [2.05, 4.69) is 54.3 Å². The minimum atomic E-state index is 0.431. The van der Waals surface area contributed by atoms with E-state index in [0.29, 0.717) is 12.1 Å². The Morgan fingerprint density at radius 1 is 0.955 bits per heavy atom. The molecular formula is C20H23NO. The van der Waals surface area contributed by atoms with Crippen LogP contribution in [-0.4, -0.2) is 13.2 Å². The van der Waals surface area contributed by atoms with Gasteiger partial charge in [-0.1, -0.05) is 36.4 Å². The van der Waals surface area contributed by atoms with Crippen molar-refractivity contribution in [2.24, 2.45) is 0 Å². The Bertz CT molecular complexity index is 680. The van der Waals surface area contributed by atoms with Crippen molar-refractivity contribution in [1.29, 1.82) is 0 Å². The number of aryl methyl sites for hydroxylation is 2. The molecule has 2 heterocycles. The number of methoxy groups -OCH3 is 1. The summed E-state index contributed by atoms with van der Waals surface area (Å²) in [5.41, 5.74) is 5.88. The van der Waals surface area contributed by atoms with Crippen LogP contribution in [-0.2, 0) is 12.8 Å². The van der Waals surface area contributed by atoms with Crippen LogP contribution in [0.2, 0.25) is 0 Å². The Kier molecular flexibility index (Phi) is 3.33. The summed E-state index contributed by atoms with van der Waals surface area (Å²) < 4.78 is 5.64. The second-order valence-electron chi connectivity index (χ2n) is 6.52. The van der Waals surface area contributed by atoms with E-state index in [1.165, 1.54) is 41.6 Å². The van der Waals surface area contributed by atoms with Crippen LogP contribution in [0.4, 0.5) is 5.69 Å². The van der Waals surface area contributed by atoms with Gasteiger partial charge in [-0.2, -0.15) is 0 Å². The molecular weight excluding hydrogens is 270 g/mol. The molecule has 22 heavy (non-hydrogen) atoms. The lowest BCUT2D eigenvalue weighted by Gasteiger charge is -2.47. The maximum absolute atomic E-state index is 5.64. The standard InChI is InChI=1S/C20H23NO/c1-14-10-11-15-6-5-7-16-12-13-18(21(14)20(15)16)17-8-3-4-9-19(17)22-2/h3-9,14,18H,10-13H2,1-2H3/t14-,18-/m1/s1. The predicted molar refractivity (Wildman–Crippen MR) is 90.8 cm³/mol. The molecule has 2 aliphatic rings. The van der Waals surface area contributed by atoms with Crippen LogP contribution in [0.3, 0.4) is 0 Å². The Balaban J connectivity index is 1.85. The van der Waals surface area contributed by atoms with Crippen molar-refractivity contribution in [3.05, 3.63) is 59.2 Å². The van der Waals surface area contributed by atoms with Crippen molar-refractivity contribution in [2.75, 3.05) is 12.0 Å². The smallest absolute Gasteiger partial charge is 0.124 e. The third kappa shape index (κ3) is 2.01. The van der Waals surface area contributed by atoms with E-state index in [9.17, 15) is 0 Å². The van der Waals surface area contributed by atoms with Crippen LogP contribution in [0.15, 0.2) is 42.5 Å². The topological polar surface area (TPSA) is 12.5 Å². The molecule has 0 fully saturated rings. The lowest BCUT2D eigenvalue weighted by Crippen LogP contribution is -2.43. The van der Waals surface area contributed by atoms with Gasteiger partial charge >= 0.3 is 0 Å². The van der Waals surface area contributed by atoms with E-state index in [-0.39, 0.29) is 0 Å². The monoisotopic (exact) mass is 293 g/mol. The van der Waals surface area contributed by atoms with Crippen molar-refractivity contribution in [2.45, 2.75) is 44.7 Å². The highest BCUT2D eigenvalue weighted by molar-refractivity contribution is 5.65. The van der Waals surface area contributed by atoms with E-state index < -0.39 is 0 Å². The molecule has 4 rings (SSSR count). The second kappa shape index (κ2) is 5.35. The van der Waals surface area contributed by atoms with Crippen molar-refractivity contribution in [1.82, 2.24) is 0 Å². The fourth-order valence-electron chi connectivity index (χ4n) is 4.24. The van der Waals surface area contributed by atoms with Crippen LogP contribution < -0.4 is 9.64 Å². The fourth-order valence-corrected chi connectivity index (χ4v) is 4.24. The van der Waals surface area contributed by atoms with Gasteiger partial charge in [-0.05, 0) is 49.8 Å². The van der Waals surface area contributed by atoms with Crippen LogP contribution in [0, 0.1) is 0 Å². The number of benzene rings is 2. The zero-order chi connectivity index (χ0) is 15.1. The summed E-state index contributed by atoms with van der Waals surface area (Å²) in [7, 11) is 1.78. The van der Waals surface area contributed by atoms with Gasteiger partial charge in [0.1, 0.15) is 5.75 Å². The zero-order valence-corrected chi connectivity index (χ0v) is 13.4. The highest BCUT2D eigenvalue weighted by Crippen LogP contribution is 2.46. The van der Waals surface area contributed by atoms with Crippen LogP contribution >= 0.6 is 0 Å². The van der Waals surface area contributed by atoms with E-state index in [1.807, 2.05) is 0 Å².